The summed E-state index contributed by atoms with van der Waals surface area (Å²) in [5.41, 5.74) is 4.11. The number of carbonyl (C=O) groups is 1. The van der Waals surface area contributed by atoms with E-state index in [-0.39, 0.29) is 18.5 Å². The number of carbonyl (C=O) groups excluding carboxylic acids is 1. The van der Waals surface area contributed by atoms with Crippen LogP contribution >= 0.6 is 0 Å². The van der Waals surface area contributed by atoms with Gasteiger partial charge in [-0.3, -0.25) is 14.7 Å². The first-order valence-corrected chi connectivity index (χ1v) is 13.0. The Morgan fingerprint density at radius 3 is 2.47 bits per heavy atom. The zero-order valence-corrected chi connectivity index (χ0v) is 22.7. The van der Waals surface area contributed by atoms with Crippen LogP contribution in [0.5, 0.6) is 23.0 Å². The molecule has 2 heterocycles. The molecule has 1 N–H and O–H groups in total. The van der Waals surface area contributed by atoms with Crippen molar-refractivity contribution >= 4 is 5.91 Å². The first-order valence-electron chi connectivity index (χ1n) is 13.0. The Balaban J connectivity index is 1.65. The molecule has 0 saturated heterocycles. The smallest absolute Gasteiger partial charge is 0.234 e. The Morgan fingerprint density at radius 2 is 1.76 bits per heavy atom. The molecule has 2 aromatic carbocycles. The molecule has 38 heavy (non-hydrogen) atoms. The van der Waals surface area contributed by atoms with Crippen LogP contribution in [-0.2, 0) is 24.2 Å². The molecular weight excluding hydrogens is 482 g/mol. The molecule has 1 atom stereocenters. The molecule has 8 heteroatoms. The molecular formula is C30H37N3O5. The number of nitrogens with zero attached hydrogens (tertiary/aromatic N) is 2. The van der Waals surface area contributed by atoms with Crippen LogP contribution in [-0.4, -0.2) is 56.8 Å². The van der Waals surface area contributed by atoms with E-state index in [1.165, 1.54) is 0 Å². The van der Waals surface area contributed by atoms with Crippen molar-refractivity contribution in [1.29, 1.82) is 0 Å². The highest BCUT2D eigenvalue weighted by atomic mass is 16.5. The summed E-state index contributed by atoms with van der Waals surface area (Å²) < 4.78 is 23.0. The van der Waals surface area contributed by atoms with Crippen molar-refractivity contribution in [3.05, 3.63) is 77.1 Å². The summed E-state index contributed by atoms with van der Waals surface area (Å²) in [5.74, 6) is 2.99. The highest BCUT2D eigenvalue weighted by Gasteiger charge is 2.33. The first kappa shape index (κ1) is 27.3. The SMILES string of the molecule is CCCOc1ccc(OC)c2c1CCN(CC(=O)NCc1ccccn1)C2Cc1ccc(OC)c(OC)c1. The highest BCUT2D eigenvalue weighted by Crippen LogP contribution is 2.43. The van der Waals surface area contributed by atoms with Gasteiger partial charge in [-0.2, -0.15) is 0 Å². The number of hydrogen-bond donors (Lipinski definition) is 1. The van der Waals surface area contributed by atoms with Crippen LogP contribution in [0.25, 0.3) is 0 Å². The van der Waals surface area contributed by atoms with Crippen molar-refractivity contribution in [2.75, 3.05) is 41.0 Å². The van der Waals surface area contributed by atoms with Crippen LogP contribution in [0.3, 0.4) is 0 Å². The molecule has 0 saturated carbocycles. The summed E-state index contributed by atoms with van der Waals surface area (Å²) in [7, 11) is 4.95. The van der Waals surface area contributed by atoms with Crippen molar-refractivity contribution in [3.63, 3.8) is 0 Å². The van der Waals surface area contributed by atoms with Gasteiger partial charge < -0.3 is 24.3 Å². The lowest BCUT2D eigenvalue weighted by Gasteiger charge is -2.38. The van der Waals surface area contributed by atoms with E-state index in [1.54, 1.807) is 27.5 Å². The summed E-state index contributed by atoms with van der Waals surface area (Å²) in [6.07, 6.45) is 4.08. The number of nitrogens with one attached hydrogen (secondary N) is 1. The molecule has 0 fully saturated rings. The molecule has 0 aliphatic carbocycles. The van der Waals surface area contributed by atoms with E-state index in [0.717, 1.165) is 53.3 Å². The summed E-state index contributed by atoms with van der Waals surface area (Å²) in [6.45, 7) is 4.12. The monoisotopic (exact) mass is 519 g/mol. The number of benzene rings is 2. The van der Waals surface area contributed by atoms with Crippen LogP contribution in [0.1, 0.15) is 41.8 Å². The fourth-order valence-electron chi connectivity index (χ4n) is 4.95. The van der Waals surface area contributed by atoms with Crippen LogP contribution in [0.15, 0.2) is 54.7 Å². The average Bonchev–Trinajstić information content (AvgIpc) is 2.96. The van der Waals surface area contributed by atoms with Crippen molar-refractivity contribution in [1.82, 2.24) is 15.2 Å². The first-order chi connectivity index (χ1) is 18.6. The Labute approximate surface area is 224 Å². The maximum Gasteiger partial charge on any atom is 0.234 e. The number of rotatable bonds is 12. The largest absolute Gasteiger partial charge is 0.496 e. The van der Waals surface area contributed by atoms with Gasteiger partial charge in [-0.05, 0) is 61.2 Å². The highest BCUT2D eigenvalue weighted by molar-refractivity contribution is 5.78. The average molecular weight is 520 g/mol. The van der Waals surface area contributed by atoms with E-state index < -0.39 is 0 Å². The fourth-order valence-corrected chi connectivity index (χ4v) is 4.95. The van der Waals surface area contributed by atoms with Crippen molar-refractivity contribution in [2.24, 2.45) is 0 Å². The van der Waals surface area contributed by atoms with Crippen LogP contribution < -0.4 is 24.3 Å². The van der Waals surface area contributed by atoms with Gasteiger partial charge in [0.25, 0.3) is 0 Å². The molecule has 1 unspecified atom stereocenters. The Hall–Kier alpha value is -3.78. The van der Waals surface area contributed by atoms with Gasteiger partial charge in [0, 0.05) is 29.9 Å². The number of methoxy groups -OCH3 is 3. The van der Waals surface area contributed by atoms with Gasteiger partial charge in [-0.15, -0.1) is 0 Å². The van der Waals surface area contributed by atoms with Gasteiger partial charge in [0.2, 0.25) is 5.91 Å². The molecule has 0 spiro atoms. The van der Waals surface area contributed by atoms with E-state index in [4.69, 9.17) is 18.9 Å². The normalized spacial score (nSPS) is 14.9. The standard InChI is InChI=1S/C30H37N3O5/c1-5-16-38-25-11-12-27(36-3)30-23(25)13-15-33(20-29(34)32-19-22-8-6-7-14-31-22)24(30)17-21-9-10-26(35-2)28(18-21)37-4/h6-12,14,18,24H,5,13,15-17,19-20H2,1-4H3,(H,32,34). The quantitative estimate of drug-likeness (QED) is 0.381. The molecule has 1 aliphatic heterocycles. The molecule has 1 amide bonds. The minimum atomic E-state index is -0.0995. The molecule has 8 nitrogen and oxygen atoms in total. The number of ether oxygens (including phenoxy) is 4. The van der Waals surface area contributed by atoms with Gasteiger partial charge >= 0.3 is 0 Å². The lowest BCUT2D eigenvalue weighted by atomic mass is 9.87. The molecule has 0 bridgehead atoms. The van der Waals surface area contributed by atoms with Gasteiger partial charge in [0.15, 0.2) is 11.5 Å². The minimum Gasteiger partial charge on any atom is -0.496 e. The number of fused-ring (bicyclic) bond motifs is 1. The number of amides is 1. The zero-order valence-electron chi connectivity index (χ0n) is 22.7. The van der Waals surface area contributed by atoms with Crippen LogP contribution in [0.2, 0.25) is 0 Å². The lowest BCUT2D eigenvalue weighted by Crippen LogP contribution is -2.43. The molecule has 3 aromatic rings. The van der Waals surface area contributed by atoms with Gasteiger partial charge in [0.05, 0.1) is 46.7 Å². The Bertz CT molecular complexity index is 1220. The van der Waals surface area contributed by atoms with E-state index in [2.05, 4.69) is 22.1 Å². The van der Waals surface area contributed by atoms with Crippen molar-refractivity contribution < 1.29 is 23.7 Å². The molecule has 1 aromatic heterocycles. The topological polar surface area (TPSA) is 82.2 Å². The number of hydrogen-bond acceptors (Lipinski definition) is 7. The second-order valence-corrected chi connectivity index (χ2v) is 9.23. The zero-order chi connectivity index (χ0) is 26.9. The summed E-state index contributed by atoms with van der Waals surface area (Å²) in [5, 5.41) is 3.02. The molecule has 202 valence electrons. The molecule has 0 radical (unpaired) electrons. The third-order valence-corrected chi connectivity index (χ3v) is 6.80. The number of pyridine rings is 1. The fraction of sp³-hybridized carbons (Fsp3) is 0.400. The maximum absolute atomic E-state index is 13.1. The second kappa shape index (κ2) is 13.1. The Morgan fingerprint density at radius 1 is 1.00 bits per heavy atom. The summed E-state index contributed by atoms with van der Waals surface area (Å²) in [6, 6.07) is 15.5. The molecule has 1 aliphatic rings. The van der Waals surface area contributed by atoms with E-state index >= 15 is 0 Å². The van der Waals surface area contributed by atoms with Gasteiger partial charge in [-0.25, -0.2) is 0 Å². The van der Waals surface area contributed by atoms with Gasteiger partial charge in [-0.1, -0.05) is 19.1 Å². The second-order valence-electron chi connectivity index (χ2n) is 9.23. The Kier molecular flexibility index (Phi) is 9.43. The van der Waals surface area contributed by atoms with E-state index in [9.17, 15) is 4.79 Å². The van der Waals surface area contributed by atoms with E-state index in [1.807, 2.05) is 48.5 Å². The lowest BCUT2D eigenvalue weighted by molar-refractivity contribution is -0.123. The van der Waals surface area contributed by atoms with Crippen molar-refractivity contribution in [3.8, 4) is 23.0 Å². The summed E-state index contributed by atoms with van der Waals surface area (Å²) >= 11 is 0. The summed E-state index contributed by atoms with van der Waals surface area (Å²) in [4.78, 5) is 19.6. The number of aromatic nitrogens is 1. The predicted octanol–water partition coefficient (Wildman–Crippen LogP) is 4.35. The third-order valence-electron chi connectivity index (χ3n) is 6.80. The third kappa shape index (κ3) is 6.37. The van der Waals surface area contributed by atoms with Crippen LogP contribution in [0.4, 0.5) is 0 Å². The van der Waals surface area contributed by atoms with Crippen LogP contribution in [0, 0.1) is 0 Å². The van der Waals surface area contributed by atoms with Gasteiger partial charge in [0.1, 0.15) is 11.5 Å². The minimum absolute atomic E-state index is 0.0474. The maximum atomic E-state index is 13.1. The molecule has 4 rings (SSSR count). The van der Waals surface area contributed by atoms with Crippen molar-refractivity contribution in [2.45, 2.75) is 38.8 Å². The van der Waals surface area contributed by atoms with E-state index in [0.29, 0.717) is 31.1 Å². The predicted molar refractivity (Wildman–Crippen MR) is 146 cm³/mol.